The van der Waals surface area contributed by atoms with E-state index in [4.69, 9.17) is 4.74 Å². The van der Waals surface area contributed by atoms with E-state index in [0.29, 0.717) is 6.54 Å². The van der Waals surface area contributed by atoms with Gasteiger partial charge in [0.15, 0.2) is 17.5 Å². The zero-order valence-electron chi connectivity index (χ0n) is 15.7. The van der Waals surface area contributed by atoms with E-state index in [1.165, 1.54) is 13.2 Å². The molecule has 3 N–H and O–H groups in total. The molecule has 1 atom stereocenters. The van der Waals surface area contributed by atoms with Gasteiger partial charge in [-0.1, -0.05) is 6.07 Å². The molecule has 5 nitrogen and oxygen atoms in total. The highest BCUT2D eigenvalue weighted by atomic mass is 19.1. The minimum atomic E-state index is -0.361. The van der Waals surface area contributed by atoms with Crippen LogP contribution >= 0.6 is 0 Å². The smallest absolute Gasteiger partial charge is 0.191 e. The van der Waals surface area contributed by atoms with Gasteiger partial charge >= 0.3 is 0 Å². The molecular formula is C18H31FN4O. The number of aliphatic imine (C=N–C) groups is 1. The van der Waals surface area contributed by atoms with Crippen LogP contribution in [0.15, 0.2) is 23.2 Å². The maximum absolute atomic E-state index is 13.8. The predicted octanol–water partition coefficient (Wildman–Crippen LogP) is 2.84. The summed E-state index contributed by atoms with van der Waals surface area (Å²) in [5.74, 6) is 0.608. The maximum Gasteiger partial charge on any atom is 0.191 e. The lowest BCUT2D eigenvalue weighted by atomic mass is 10.1. The Hall–Kier alpha value is -1.82. The van der Waals surface area contributed by atoms with Crippen molar-refractivity contribution in [3.8, 4) is 5.75 Å². The molecule has 136 valence electrons. The molecular weight excluding hydrogens is 307 g/mol. The average Bonchev–Trinajstić information content (AvgIpc) is 2.50. The summed E-state index contributed by atoms with van der Waals surface area (Å²) in [4.78, 5) is 4.55. The number of nitrogens with one attached hydrogen (secondary N) is 3. The summed E-state index contributed by atoms with van der Waals surface area (Å²) in [5, 5.41) is 9.91. The molecule has 1 aromatic carbocycles. The Kier molecular flexibility index (Phi) is 7.98. The summed E-state index contributed by atoms with van der Waals surface area (Å²) in [7, 11) is 1.46. The molecule has 0 bridgehead atoms. The van der Waals surface area contributed by atoms with Gasteiger partial charge in [-0.2, -0.15) is 0 Å². The van der Waals surface area contributed by atoms with Crippen molar-refractivity contribution in [1.29, 1.82) is 0 Å². The van der Waals surface area contributed by atoms with Crippen LogP contribution in [0.4, 0.5) is 4.39 Å². The fraction of sp³-hybridized carbons (Fsp3) is 0.611. The van der Waals surface area contributed by atoms with Gasteiger partial charge in [0.05, 0.1) is 19.7 Å². The second kappa shape index (κ2) is 9.47. The van der Waals surface area contributed by atoms with Crippen LogP contribution in [0.2, 0.25) is 0 Å². The van der Waals surface area contributed by atoms with E-state index in [9.17, 15) is 4.39 Å². The van der Waals surface area contributed by atoms with Crippen molar-refractivity contribution in [2.24, 2.45) is 4.99 Å². The molecule has 0 aromatic heterocycles. The number of guanidine groups is 1. The molecule has 6 heteroatoms. The van der Waals surface area contributed by atoms with Crippen LogP contribution in [0, 0.1) is 5.82 Å². The lowest BCUT2D eigenvalue weighted by Gasteiger charge is -2.21. The highest BCUT2D eigenvalue weighted by molar-refractivity contribution is 5.80. The van der Waals surface area contributed by atoms with Crippen molar-refractivity contribution >= 4 is 5.96 Å². The Morgan fingerprint density at radius 3 is 2.58 bits per heavy atom. The van der Waals surface area contributed by atoms with E-state index >= 15 is 0 Å². The molecule has 0 heterocycles. The van der Waals surface area contributed by atoms with E-state index in [1.54, 1.807) is 6.07 Å². The molecule has 1 aromatic rings. The lowest BCUT2D eigenvalue weighted by Crippen LogP contribution is -2.40. The summed E-state index contributed by atoms with van der Waals surface area (Å²) in [6, 6.07) is 4.91. The van der Waals surface area contributed by atoms with Gasteiger partial charge in [-0.3, -0.25) is 4.99 Å². The maximum atomic E-state index is 13.8. The molecule has 0 fully saturated rings. The first-order valence-electron chi connectivity index (χ1n) is 8.40. The molecule has 1 rings (SSSR count). The van der Waals surface area contributed by atoms with Gasteiger partial charge in [0, 0.05) is 18.6 Å². The van der Waals surface area contributed by atoms with Gasteiger partial charge < -0.3 is 20.7 Å². The Morgan fingerprint density at radius 1 is 1.33 bits per heavy atom. The largest absolute Gasteiger partial charge is 0.494 e. The molecule has 0 aliphatic rings. The Morgan fingerprint density at radius 2 is 2.04 bits per heavy atom. The zero-order chi connectivity index (χ0) is 18.2. The highest BCUT2D eigenvalue weighted by Crippen LogP contribution is 2.21. The molecule has 0 saturated heterocycles. The van der Waals surface area contributed by atoms with E-state index in [-0.39, 0.29) is 23.1 Å². The number of halogens is 1. The third-order valence-corrected chi connectivity index (χ3v) is 3.41. The Labute approximate surface area is 145 Å². The van der Waals surface area contributed by atoms with Gasteiger partial charge in [0.2, 0.25) is 0 Å². The quantitative estimate of drug-likeness (QED) is 0.406. The second-order valence-electron chi connectivity index (χ2n) is 6.70. The van der Waals surface area contributed by atoms with Gasteiger partial charge in [-0.15, -0.1) is 0 Å². The first-order valence-corrected chi connectivity index (χ1v) is 8.40. The van der Waals surface area contributed by atoms with Crippen molar-refractivity contribution in [3.63, 3.8) is 0 Å². The molecule has 0 saturated carbocycles. The van der Waals surface area contributed by atoms with E-state index < -0.39 is 0 Å². The van der Waals surface area contributed by atoms with Crippen LogP contribution in [-0.4, -0.2) is 38.2 Å². The summed E-state index contributed by atoms with van der Waals surface area (Å²) < 4.78 is 18.8. The van der Waals surface area contributed by atoms with Gasteiger partial charge in [0.25, 0.3) is 0 Å². The Bertz CT molecular complexity index is 540. The zero-order valence-corrected chi connectivity index (χ0v) is 15.7. The van der Waals surface area contributed by atoms with Crippen LogP contribution in [0.25, 0.3) is 0 Å². The average molecular weight is 338 g/mol. The molecule has 0 aliphatic heterocycles. The lowest BCUT2D eigenvalue weighted by molar-refractivity contribution is 0.386. The summed E-state index contributed by atoms with van der Waals surface area (Å²) in [6.45, 7) is 12.6. The number of hydrogen-bond acceptors (Lipinski definition) is 3. The van der Waals surface area contributed by atoms with Crippen molar-refractivity contribution in [2.45, 2.75) is 46.2 Å². The van der Waals surface area contributed by atoms with Crippen molar-refractivity contribution < 1.29 is 9.13 Å². The van der Waals surface area contributed by atoms with Crippen molar-refractivity contribution in [1.82, 2.24) is 16.0 Å². The number of methoxy groups -OCH3 is 1. The third kappa shape index (κ3) is 7.17. The minimum Gasteiger partial charge on any atom is -0.494 e. The first-order chi connectivity index (χ1) is 11.3. The summed E-state index contributed by atoms with van der Waals surface area (Å²) in [6.07, 6.45) is 0. The van der Waals surface area contributed by atoms with Crippen molar-refractivity contribution in [3.05, 3.63) is 29.6 Å². The number of ether oxygens (including phenoxy) is 1. The number of benzene rings is 1. The number of nitrogens with zero attached hydrogens (tertiary/aromatic N) is 1. The number of hydrogen-bond donors (Lipinski definition) is 3. The molecule has 0 spiro atoms. The SMILES string of the molecule is CCNC(=NCCNC(C)(C)C)NC(C)c1ccc(OC)c(F)c1. The Balaban J connectivity index is 2.67. The third-order valence-electron chi connectivity index (χ3n) is 3.41. The molecule has 24 heavy (non-hydrogen) atoms. The van der Waals surface area contributed by atoms with Crippen LogP contribution in [0.5, 0.6) is 5.75 Å². The highest BCUT2D eigenvalue weighted by Gasteiger charge is 2.11. The minimum absolute atomic E-state index is 0.0706. The van der Waals surface area contributed by atoms with E-state index in [0.717, 1.165) is 24.6 Å². The normalized spacial score (nSPS) is 13.5. The van der Waals surface area contributed by atoms with Gasteiger partial charge in [-0.05, 0) is 52.3 Å². The van der Waals surface area contributed by atoms with Crippen LogP contribution in [-0.2, 0) is 0 Å². The second-order valence-corrected chi connectivity index (χ2v) is 6.70. The molecule has 0 radical (unpaired) electrons. The molecule has 0 aliphatic carbocycles. The summed E-state index contributed by atoms with van der Waals surface area (Å²) in [5.41, 5.74) is 0.918. The predicted molar refractivity (Wildman–Crippen MR) is 98.2 cm³/mol. The van der Waals surface area contributed by atoms with E-state index in [2.05, 4.69) is 41.7 Å². The van der Waals surface area contributed by atoms with Crippen LogP contribution in [0.3, 0.4) is 0 Å². The van der Waals surface area contributed by atoms with Crippen LogP contribution < -0.4 is 20.7 Å². The number of rotatable bonds is 7. The first kappa shape index (κ1) is 20.2. The van der Waals surface area contributed by atoms with Gasteiger partial charge in [0.1, 0.15) is 0 Å². The molecule has 1 unspecified atom stereocenters. The van der Waals surface area contributed by atoms with Crippen molar-refractivity contribution in [2.75, 3.05) is 26.7 Å². The standard InChI is InChI=1S/C18H31FN4O/c1-7-20-17(21-10-11-22-18(3,4)5)23-13(2)14-8-9-16(24-6)15(19)12-14/h8-9,12-13,22H,7,10-11H2,1-6H3,(H2,20,21,23). The fourth-order valence-electron chi connectivity index (χ4n) is 2.16. The van der Waals surface area contributed by atoms with Gasteiger partial charge in [-0.25, -0.2) is 4.39 Å². The van der Waals surface area contributed by atoms with E-state index in [1.807, 2.05) is 19.9 Å². The topological polar surface area (TPSA) is 57.7 Å². The fourth-order valence-corrected chi connectivity index (χ4v) is 2.16. The summed E-state index contributed by atoms with van der Waals surface area (Å²) >= 11 is 0. The molecule has 0 amide bonds. The van der Waals surface area contributed by atoms with Crippen LogP contribution in [0.1, 0.15) is 46.2 Å². The monoisotopic (exact) mass is 338 g/mol.